The predicted octanol–water partition coefficient (Wildman–Crippen LogP) is 2.64. The quantitative estimate of drug-likeness (QED) is 0.801. The van der Waals surface area contributed by atoms with Crippen LogP contribution in [0.15, 0.2) is 30.5 Å². The summed E-state index contributed by atoms with van der Waals surface area (Å²) in [4.78, 5) is 4.05. The Kier molecular flexibility index (Phi) is 4.70. The van der Waals surface area contributed by atoms with Gasteiger partial charge in [-0.05, 0) is 17.7 Å². The Balaban J connectivity index is 0.000000771. The molecule has 1 aromatic carbocycles. The van der Waals surface area contributed by atoms with Gasteiger partial charge in [0.1, 0.15) is 11.9 Å². The number of anilines is 1. The summed E-state index contributed by atoms with van der Waals surface area (Å²) < 4.78 is 0. The highest BCUT2D eigenvalue weighted by Gasteiger charge is 2.08. The highest BCUT2D eigenvalue weighted by atomic mass is 14.8. The van der Waals surface area contributed by atoms with Crippen LogP contribution >= 0.6 is 0 Å². The maximum Gasteiger partial charge on any atom is 0.150 e. The molecule has 4 nitrogen and oxygen atoms in total. The molecule has 2 rings (SSSR count). The normalized spacial score (nSPS) is 9.83. The highest BCUT2D eigenvalue weighted by molar-refractivity contribution is 5.96. The number of hydrogen-bond donors (Lipinski definition) is 2. The van der Waals surface area contributed by atoms with Gasteiger partial charge in [-0.15, -0.1) is 0 Å². The van der Waals surface area contributed by atoms with Crippen molar-refractivity contribution in [2.24, 2.45) is 5.73 Å². The van der Waals surface area contributed by atoms with E-state index in [9.17, 15) is 0 Å². The largest absolute Gasteiger partial charge is 0.405 e. The summed E-state index contributed by atoms with van der Waals surface area (Å²) in [5.41, 5.74) is 12.2. The van der Waals surface area contributed by atoms with Gasteiger partial charge >= 0.3 is 0 Å². The molecule has 92 valence electrons. The number of nitriles is 1. The summed E-state index contributed by atoms with van der Waals surface area (Å²) in [5.74, 6) is 0.317. The SMILES string of the molecule is CC.N#Cc1nc(N)c(/C=C\N)c2ccccc12. The first kappa shape index (κ1) is 13.5. The van der Waals surface area contributed by atoms with Crippen molar-refractivity contribution in [1.29, 1.82) is 5.26 Å². The Labute approximate surface area is 107 Å². The molecule has 4 heteroatoms. The van der Waals surface area contributed by atoms with Crippen molar-refractivity contribution in [2.75, 3.05) is 5.73 Å². The first-order valence-corrected chi connectivity index (χ1v) is 5.74. The van der Waals surface area contributed by atoms with E-state index >= 15 is 0 Å². The smallest absolute Gasteiger partial charge is 0.150 e. The van der Waals surface area contributed by atoms with Gasteiger partial charge in [0, 0.05) is 10.9 Å². The van der Waals surface area contributed by atoms with E-state index < -0.39 is 0 Å². The van der Waals surface area contributed by atoms with E-state index in [0.717, 1.165) is 16.3 Å². The van der Waals surface area contributed by atoms with Crippen LogP contribution in [0, 0.1) is 11.3 Å². The molecular formula is C14H16N4. The van der Waals surface area contributed by atoms with Gasteiger partial charge in [0.2, 0.25) is 0 Å². The molecule has 0 unspecified atom stereocenters. The van der Waals surface area contributed by atoms with Gasteiger partial charge < -0.3 is 11.5 Å². The molecule has 1 aromatic heterocycles. The van der Waals surface area contributed by atoms with Crippen LogP contribution in [-0.2, 0) is 0 Å². The van der Waals surface area contributed by atoms with Gasteiger partial charge in [0.15, 0.2) is 5.69 Å². The second-order valence-corrected chi connectivity index (χ2v) is 3.28. The number of aromatic nitrogens is 1. The van der Waals surface area contributed by atoms with Crippen LogP contribution in [0.25, 0.3) is 16.8 Å². The Morgan fingerprint density at radius 2 is 1.83 bits per heavy atom. The maximum atomic E-state index is 8.97. The summed E-state index contributed by atoms with van der Waals surface area (Å²) in [5, 5.41) is 10.6. The number of hydrogen-bond acceptors (Lipinski definition) is 4. The lowest BCUT2D eigenvalue weighted by Gasteiger charge is -2.06. The molecule has 2 aromatic rings. The lowest BCUT2D eigenvalue weighted by molar-refractivity contribution is 1.30. The average Bonchev–Trinajstić information content (AvgIpc) is 2.44. The Bertz CT molecular complexity index is 609. The van der Waals surface area contributed by atoms with E-state index in [1.807, 2.05) is 44.2 Å². The van der Waals surface area contributed by atoms with Crippen molar-refractivity contribution < 1.29 is 0 Å². The van der Waals surface area contributed by atoms with Gasteiger partial charge in [-0.1, -0.05) is 38.1 Å². The van der Waals surface area contributed by atoms with Crippen molar-refractivity contribution in [3.05, 3.63) is 41.7 Å². The number of nitrogen functional groups attached to an aromatic ring is 1. The number of pyridine rings is 1. The molecule has 0 spiro atoms. The lowest BCUT2D eigenvalue weighted by Crippen LogP contribution is -1.99. The van der Waals surface area contributed by atoms with Crippen molar-refractivity contribution in [2.45, 2.75) is 13.8 Å². The zero-order valence-electron chi connectivity index (χ0n) is 10.5. The van der Waals surface area contributed by atoms with Crippen LogP contribution in [0.5, 0.6) is 0 Å². The molecule has 18 heavy (non-hydrogen) atoms. The molecule has 0 radical (unpaired) electrons. The molecule has 0 saturated carbocycles. The molecule has 0 fully saturated rings. The van der Waals surface area contributed by atoms with E-state index in [1.54, 1.807) is 6.08 Å². The fraction of sp³-hybridized carbons (Fsp3) is 0.143. The van der Waals surface area contributed by atoms with Crippen LogP contribution in [0.2, 0.25) is 0 Å². The molecule has 4 N–H and O–H groups in total. The summed E-state index contributed by atoms with van der Waals surface area (Å²) in [6.07, 6.45) is 3.09. The molecule has 0 bridgehead atoms. The van der Waals surface area contributed by atoms with Crippen LogP contribution in [0.4, 0.5) is 5.82 Å². The van der Waals surface area contributed by atoms with E-state index in [2.05, 4.69) is 4.98 Å². The second-order valence-electron chi connectivity index (χ2n) is 3.28. The van der Waals surface area contributed by atoms with E-state index in [4.69, 9.17) is 16.7 Å². The van der Waals surface area contributed by atoms with Crippen LogP contribution in [-0.4, -0.2) is 4.98 Å². The Morgan fingerprint density at radius 3 is 2.39 bits per heavy atom. The minimum absolute atomic E-state index is 0.317. The summed E-state index contributed by atoms with van der Waals surface area (Å²) >= 11 is 0. The monoisotopic (exact) mass is 240 g/mol. The molecule has 0 aliphatic carbocycles. The number of nitrogens with two attached hydrogens (primary N) is 2. The first-order chi connectivity index (χ1) is 8.77. The third-order valence-electron chi connectivity index (χ3n) is 2.35. The zero-order valence-corrected chi connectivity index (χ0v) is 10.5. The van der Waals surface area contributed by atoms with Crippen molar-refractivity contribution >= 4 is 22.7 Å². The zero-order chi connectivity index (χ0) is 13.5. The molecule has 0 saturated heterocycles. The third-order valence-corrected chi connectivity index (χ3v) is 2.35. The molecule has 1 heterocycles. The van der Waals surface area contributed by atoms with Gasteiger partial charge in [0.05, 0.1) is 0 Å². The predicted molar refractivity (Wildman–Crippen MR) is 75.4 cm³/mol. The third kappa shape index (κ3) is 2.41. The van der Waals surface area contributed by atoms with Crippen LogP contribution in [0.1, 0.15) is 25.1 Å². The number of fused-ring (bicyclic) bond motifs is 1. The van der Waals surface area contributed by atoms with Gasteiger partial charge in [-0.2, -0.15) is 5.26 Å². The first-order valence-electron chi connectivity index (χ1n) is 5.74. The second kappa shape index (κ2) is 6.26. The van der Waals surface area contributed by atoms with Crippen molar-refractivity contribution in [1.82, 2.24) is 4.98 Å². The standard InChI is InChI=1S/C12H10N4.C2H6/c13-6-5-10-8-3-1-2-4-9(8)11(7-14)16-12(10)15;1-2/h1-6H,13H2,(H2,15,16);1-2H3/b6-5-;. The molecule has 0 aliphatic rings. The van der Waals surface area contributed by atoms with Crippen LogP contribution < -0.4 is 11.5 Å². The van der Waals surface area contributed by atoms with E-state index in [1.165, 1.54) is 6.20 Å². The van der Waals surface area contributed by atoms with Gasteiger partial charge in [-0.3, -0.25) is 0 Å². The number of rotatable bonds is 1. The molecule has 0 atom stereocenters. The summed E-state index contributed by atoms with van der Waals surface area (Å²) in [7, 11) is 0. The average molecular weight is 240 g/mol. The van der Waals surface area contributed by atoms with Crippen molar-refractivity contribution in [3.63, 3.8) is 0 Å². The van der Waals surface area contributed by atoms with Gasteiger partial charge in [0.25, 0.3) is 0 Å². The van der Waals surface area contributed by atoms with Gasteiger partial charge in [-0.25, -0.2) is 4.98 Å². The topological polar surface area (TPSA) is 88.7 Å². The Hall–Kier alpha value is -2.54. The van der Waals surface area contributed by atoms with Crippen LogP contribution in [0.3, 0.4) is 0 Å². The van der Waals surface area contributed by atoms with E-state index in [-0.39, 0.29) is 0 Å². The summed E-state index contributed by atoms with van der Waals surface area (Å²) in [6.45, 7) is 4.00. The fourth-order valence-corrected chi connectivity index (χ4v) is 1.66. The number of nitrogens with zero attached hydrogens (tertiary/aromatic N) is 2. The van der Waals surface area contributed by atoms with E-state index in [0.29, 0.717) is 11.5 Å². The maximum absolute atomic E-state index is 8.97. The minimum Gasteiger partial charge on any atom is -0.405 e. The molecule has 0 aliphatic heterocycles. The highest BCUT2D eigenvalue weighted by Crippen LogP contribution is 2.25. The lowest BCUT2D eigenvalue weighted by atomic mass is 10.0. The minimum atomic E-state index is 0.317. The Morgan fingerprint density at radius 1 is 1.22 bits per heavy atom. The fourth-order valence-electron chi connectivity index (χ4n) is 1.66. The summed E-state index contributed by atoms with van der Waals surface area (Å²) in [6, 6.07) is 9.51. The number of benzene rings is 1. The molecule has 0 amide bonds. The van der Waals surface area contributed by atoms with Crippen molar-refractivity contribution in [3.8, 4) is 6.07 Å². The molecular weight excluding hydrogens is 224 g/mol.